The molecule has 1 atom stereocenters. The second kappa shape index (κ2) is 7.04. The van der Waals surface area contributed by atoms with E-state index in [4.69, 9.17) is 14.2 Å². The Balaban J connectivity index is 1.73. The normalized spacial score (nSPS) is 16.3. The zero-order chi connectivity index (χ0) is 16.9. The number of rotatable bonds is 5. The molecule has 2 aromatic carbocycles. The molecule has 0 bridgehead atoms. The molecule has 1 amide bonds. The lowest BCUT2D eigenvalue weighted by atomic mass is 10.2. The lowest BCUT2D eigenvalue weighted by Crippen LogP contribution is -2.25. The van der Waals surface area contributed by atoms with Crippen LogP contribution in [-0.4, -0.2) is 30.5 Å². The first kappa shape index (κ1) is 15.9. The van der Waals surface area contributed by atoms with Crippen molar-refractivity contribution in [2.75, 3.05) is 13.7 Å². The molecule has 0 saturated heterocycles. The van der Waals surface area contributed by atoms with Gasteiger partial charge in [-0.2, -0.15) is 5.01 Å². The maximum atomic E-state index is 11.8. The first-order valence-electron chi connectivity index (χ1n) is 7.53. The maximum Gasteiger partial charge on any atom is 0.247 e. The monoisotopic (exact) mass is 326 g/mol. The lowest BCUT2D eigenvalue weighted by Gasteiger charge is -2.19. The Morgan fingerprint density at radius 1 is 1.12 bits per heavy atom. The molecule has 0 aromatic heterocycles. The van der Waals surface area contributed by atoms with Gasteiger partial charge in [-0.1, -0.05) is 42.5 Å². The Labute approximate surface area is 140 Å². The average Bonchev–Trinajstić information content (AvgIpc) is 3.05. The predicted octanol–water partition coefficient (Wildman–Crippen LogP) is 2.97. The molecule has 0 spiro atoms. The summed E-state index contributed by atoms with van der Waals surface area (Å²) < 4.78 is 16.8. The maximum absolute atomic E-state index is 11.8. The number of methoxy groups -OCH3 is 1. The number of nitrogens with zero attached hydrogens (tertiary/aromatic N) is 2. The van der Waals surface area contributed by atoms with Crippen molar-refractivity contribution in [2.24, 2.45) is 5.10 Å². The van der Waals surface area contributed by atoms with Gasteiger partial charge in [0.2, 0.25) is 18.0 Å². The summed E-state index contributed by atoms with van der Waals surface area (Å²) in [4.78, 5) is 11.8. The molecule has 124 valence electrons. The average molecular weight is 326 g/mol. The van der Waals surface area contributed by atoms with Gasteiger partial charge in [0.05, 0.1) is 7.11 Å². The minimum absolute atomic E-state index is 0.105. The largest absolute Gasteiger partial charge is 0.493 e. The Morgan fingerprint density at radius 3 is 2.46 bits per heavy atom. The van der Waals surface area contributed by atoms with Crippen molar-refractivity contribution in [2.45, 2.75) is 13.2 Å². The molecular formula is C18H18N2O4. The van der Waals surface area contributed by atoms with Crippen LogP contribution in [0.3, 0.4) is 0 Å². The molecule has 2 aromatic rings. The van der Waals surface area contributed by atoms with Gasteiger partial charge < -0.3 is 14.2 Å². The third-order valence-corrected chi connectivity index (χ3v) is 3.52. The van der Waals surface area contributed by atoms with Crippen LogP contribution in [0.25, 0.3) is 0 Å². The van der Waals surface area contributed by atoms with Crippen LogP contribution in [-0.2, 0) is 9.53 Å². The number of hydrogen-bond acceptors (Lipinski definition) is 5. The summed E-state index contributed by atoms with van der Waals surface area (Å²) in [6.07, 6.45) is -0.569. The molecular weight excluding hydrogens is 308 g/mol. The molecule has 6 heteroatoms. The topological polar surface area (TPSA) is 60.4 Å². The van der Waals surface area contributed by atoms with Crippen molar-refractivity contribution in [3.8, 4) is 11.5 Å². The predicted molar refractivity (Wildman–Crippen MR) is 88.7 cm³/mol. The summed E-state index contributed by atoms with van der Waals surface area (Å²) in [5.74, 6) is 1.35. The van der Waals surface area contributed by atoms with Crippen molar-refractivity contribution >= 4 is 11.8 Å². The summed E-state index contributed by atoms with van der Waals surface area (Å²) in [7, 11) is 1.58. The molecule has 1 aliphatic heterocycles. The van der Waals surface area contributed by atoms with Crippen LogP contribution in [0.5, 0.6) is 11.5 Å². The Hall–Kier alpha value is -3.02. The van der Waals surface area contributed by atoms with Gasteiger partial charge in [0.15, 0.2) is 18.1 Å². The van der Waals surface area contributed by atoms with Gasteiger partial charge in [-0.05, 0) is 12.1 Å². The fourth-order valence-corrected chi connectivity index (χ4v) is 2.38. The van der Waals surface area contributed by atoms with Gasteiger partial charge in [-0.3, -0.25) is 4.79 Å². The van der Waals surface area contributed by atoms with E-state index in [0.717, 1.165) is 5.56 Å². The van der Waals surface area contributed by atoms with Crippen LogP contribution in [0.1, 0.15) is 18.7 Å². The second-order valence-electron chi connectivity index (χ2n) is 5.18. The van der Waals surface area contributed by atoms with Crippen LogP contribution in [0.2, 0.25) is 0 Å². The van der Waals surface area contributed by atoms with Gasteiger partial charge in [-0.15, -0.1) is 5.10 Å². The third-order valence-electron chi connectivity index (χ3n) is 3.52. The van der Waals surface area contributed by atoms with Gasteiger partial charge in [-0.25, -0.2) is 0 Å². The molecule has 24 heavy (non-hydrogen) atoms. The second-order valence-corrected chi connectivity index (χ2v) is 5.18. The zero-order valence-corrected chi connectivity index (χ0v) is 13.5. The number of carbonyl (C=O) groups is 1. The van der Waals surface area contributed by atoms with Crippen molar-refractivity contribution in [3.05, 3.63) is 60.2 Å². The Bertz CT molecular complexity index is 746. The first-order valence-corrected chi connectivity index (χ1v) is 7.53. The fraction of sp³-hybridized carbons (Fsp3) is 0.222. The summed E-state index contributed by atoms with van der Waals surface area (Å²) in [6, 6.07) is 16.8. The molecule has 0 aliphatic carbocycles. The van der Waals surface area contributed by atoms with E-state index in [1.165, 1.54) is 11.9 Å². The molecule has 1 unspecified atom stereocenters. The SMILES string of the molecule is COc1ccccc1OCC1=NN(C(C)=O)C(c2ccccc2)O1. The van der Waals surface area contributed by atoms with E-state index < -0.39 is 6.23 Å². The molecule has 1 heterocycles. The lowest BCUT2D eigenvalue weighted by molar-refractivity contribution is -0.135. The van der Waals surface area contributed by atoms with Crippen molar-refractivity contribution in [1.29, 1.82) is 0 Å². The number of amides is 1. The van der Waals surface area contributed by atoms with Crippen LogP contribution in [0, 0.1) is 0 Å². The zero-order valence-electron chi connectivity index (χ0n) is 13.5. The molecule has 6 nitrogen and oxygen atoms in total. The van der Waals surface area contributed by atoms with E-state index in [9.17, 15) is 4.79 Å². The first-order chi connectivity index (χ1) is 11.7. The van der Waals surface area contributed by atoms with E-state index in [1.54, 1.807) is 19.2 Å². The van der Waals surface area contributed by atoms with Crippen LogP contribution in [0.4, 0.5) is 0 Å². The highest BCUT2D eigenvalue weighted by Gasteiger charge is 2.32. The fourth-order valence-electron chi connectivity index (χ4n) is 2.38. The number of hydrazone groups is 1. The highest BCUT2D eigenvalue weighted by molar-refractivity contribution is 5.83. The number of hydrogen-bond donors (Lipinski definition) is 0. The van der Waals surface area contributed by atoms with Gasteiger partial charge in [0.1, 0.15) is 0 Å². The smallest absolute Gasteiger partial charge is 0.247 e. The van der Waals surface area contributed by atoms with Crippen LogP contribution >= 0.6 is 0 Å². The molecule has 0 radical (unpaired) electrons. The standard InChI is InChI=1S/C18H18N2O4/c1-13(21)20-18(14-8-4-3-5-9-14)24-17(19-20)12-23-16-11-7-6-10-15(16)22-2/h3-11,18H,12H2,1-2H3. The summed E-state index contributed by atoms with van der Waals surface area (Å²) in [5, 5.41) is 5.54. The van der Waals surface area contributed by atoms with Crippen molar-refractivity contribution in [3.63, 3.8) is 0 Å². The van der Waals surface area contributed by atoms with Gasteiger partial charge >= 0.3 is 0 Å². The highest BCUT2D eigenvalue weighted by atomic mass is 16.6. The van der Waals surface area contributed by atoms with Crippen LogP contribution < -0.4 is 9.47 Å². The van der Waals surface area contributed by atoms with E-state index >= 15 is 0 Å². The Morgan fingerprint density at radius 2 is 1.79 bits per heavy atom. The summed E-state index contributed by atoms with van der Waals surface area (Å²) in [6.45, 7) is 1.56. The summed E-state index contributed by atoms with van der Waals surface area (Å²) >= 11 is 0. The number of para-hydroxylation sites is 2. The molecule has 1 aliphatic rings. The van der Waals surface area contributed by atoms with Crippen LogP contribution in [0.15, 0.2) is 59.7 Å². The van der Waals surface area contributed by atoms with Gasteiger partial charge in [0, 0.05) is 12.5 Å². The van der Waals surface area contributed by atoms with Gasteiger partial charge in [0.25, 0.3) is 0 Å². The third kappa shape index (κ3) is 3.32. The van der Waals surface area contributed by atoms with Crippen molar-refractivity contribution in [1.82, 2.24) is 5.01 Å². The number of ether oxygens (including phenoxy) is 3. The molecule has 3 rings (SSSR count). The van der Waals surface area contributed by atoms with E-state index in [-0.39, 0.29) is 12.5 Å². The number of benzene rings is 2. The van der Waals surface area contributed by atoms with E-state index in [2.05, 4.69) is 5.10 Å². The quantitative estimate of drug-likeness (QED) is 0.847. The van der Waals surface area contributed by atoms with E-state index in [0.29, 0.717) is 17.4 Å². The molecule has 0 N–H and O–H groups in total. The molecule has 0 fully saturated rings. The minimum atomic E-state index is -0.569. The minimum Gasteiger partial charge on any atom is -0.493 e. The summed E-state index contributed by atoms with van der Waals surface area (Å²) in [5.41, 5.74) is 0.851. The molecule has 0 saturated carbocycles. The number of carbonyl (C=O) groups excluding carboxylic acids is 1. The Kier molecular flexibility index (Phi) is 4.65. The van der Waals surface area contributed by atoms with Crippen molar-refractivity contribution < 1.29 is 19.0 Å². The van der Waals surface area contributed by atoms with E-state index in [1.807, 2.05) is 42.5 Å². The highest BCUT2D eigenvalue weighted by Crippen LogP contribution is 2.29.